The van der Waals surface area contributed by atoms with Gasteiger partial charge in [0.15, 0.2) is 0 Å². The number of hydrogen-bond acceptors (Lipinski definition) is 4. The van der Waals surface area contributed by atoms with E-state index in [2.05, 4.69) is 26.2 Å². The molecule has 3 N–H and O–H groups in total. The maximum atomic E-state index is 12.7. The van der Waals surface area contributed by atoms with E-state index in [1.54, 1.807) is 0 Å². The summed E-state index contributed by atoms with van der Waals surface area (Å²) >= 11 is 2.93. The van der Waals surface area contributed by atoms with Gasteiger partial charge in [-0.3, -0.25) is 4.79 Å². The topological polar surface area (TPSA) is 77.2 Å². The second-order valence-corrected chi connectivity index (χ2v) is 4.41. The first-order chi connectivity index (χ1) is 8.80. The summed E-state index contributed by atoms with van der Waals surface area (Å²) in [6.07, 6.45) is -3.25. The molecule has 0 radical (unpaired) electrons. The molecule has 0 bridgehead atoms. The molecule has 1 heterocycles. The van der Waals surface area contributed by atoms with Crippen LogP contribution in [-0.2, 0) is 15.7 Å². The number of amides is 1. The van der Waals surface area contributed by atoms with Crippen molar-refractivity contribution in [2.75, 3.05) is 25.1 Å². The first kappa shape index (κ1) is 15.7. The number of hydrogen-bond donors (Lipinski definition) is 2. The van der Waals surface area contributed by atoms with Crippen LogP contribution >= 0.6 is 15.9 Å². The normalized spacial score (nSPS) is 11.4. The van der Waals surface area contributed by atoms with E-state index in [9.17, 15) is 18.0 Å². The van der Waals surface area contributed by atoms with Gasteiger partial charge in [0.2, 0.25) is 5.91 Å². The van der Waals surface area contributed by atoms with Crippen molar-refractivity contribution in [2.45, 2.75) is 6.18 Å². The number of rotatable bonds is 6. The van der Waals surface area contributed by atoms with Crippen molar-refractivity contribution in [1.29, 1.82) is 0 Å². The molecule has 0 aromatic carbocycles. The van der Waals surface area contributed by atoms with Crippen LogP contribution in [-0.4, -0.2) is 30.6 Å². The number of pyridine rings is 1. The van der Waals surface area contributed by atoms with Crippen molar-refractivity contribution in [3.8, 4) is 0 Å². The standard InChI is InChI=1S/C10H11BrF3N3O2/c11-6-3-7(10(12,13)14)9(17-4-6)16-1-2-19-5-8(15)18/h3-4H,1-2,5H2,(H2,15,18)(H,16,17). The van der Waals surface area contributed by atoms with Gasteiger partial charge in [0.1, 0.15) is 12.4 Å². The Morgan fingerprint density at radius 1 is 1.53 bits per heavy atom. The molecule has 0 aliphatic rings. The zero-order chi connectivity index (χ0) is 14.5. The molecule has 5 nitrogen and oxygen atoms in total. The Hall–Kier alpha value is -1.35. The highest BCUT2D eigenvalue weighted by atomic mass is 79.9. The largest absolute Gasteiger partial charge is 0.419 e. The summed E-state index contributed by atoms with van der Waals surface area (Å²) in [6, 6.07) is 0.930. The number of primary amides is 1. The molecule has 0 saturated heterocycles. The second-order valence-electron chi connectivity index (χ2n) is 3.49. The number of nitrogens with two attached hydrogens (primary N) is 1. The molecule has 1 amide bonds. The Morgan fingerprint density at radius 3 is 2.79 bits per heavy atom. The van der Waals surface area contributed by atoms with E-state index < -0.39 is 17.6 Å². The minimum absolute atomic E-state index is 0.0397. The minimum Gasteiger partial charge on any atom is -0.370 e. The van der Waals surface area contributed by atoms with Crippen molar-refractivity contribution in [2.24, 2.45) is 5.73 Å². The number of anilines is 1. The SMILES string of the molecule is NC(=O)COCCNc1ncc(Br)cc1C(F)(F)F. The summed E-state index contributed by atoms with van der Waals surface area (Å²) in [5, 5.41) is 2.49. The van der Waals surface area contributed by atoms with E-state index in [4.69, 9.17) is 10.5 Å². The molecule has 0 aliphatic heterocycles. The highest BCUT2D eigenvalue weighted by Gasteiger charge is 2.34. The molecule has 19 heavy (non-hydrogen) atoms. The predicted octanol–water partition coefficient (Wildman–Crippen LogP) is 1.78. The number of ether oxygens (including phenoxy) is 1. The molecular formula is C10H11BrF3N3O2. The number of halogens is 4. The molecule has 0 spiro atoms. The van der Waals surface area contributed by atoms with E-state index in [1.165, 1.54) is 6.20 Å². The van der Waals surface area contributed by atoms with Crippen LogP contribution in [0.3, 0.4) is 0 Å². The number of alkyl halides is 3. The Labute approximate surface area is 115 Å². The van der Waals surface area contributed by atoms with Gasteiger partial charge in [0.05, 0.1) is 12.2 Å². The Bertz CT molecular complexity index is 454. The first-order valence-corrected chi connectivity index (χ1v) is 5.92. The van der Waals surface area contributed by atoms with Gasteiger partial charge in [-0.2, -0.15) is 13.2 Å². The maximum absolute atomic E-state index is 12.7. The highest BCUT2D eigenvalue weighted by Crippen LogP contribution is 2.35. The van der Waals surface area contributed by atoms with Crippen LogP contribution < -0.4 is 11.1 Å². The second kappa shape index (κ2) is 6.71. The number of carbonyl (C=O) groups is 1. The van der Waals surface area contributed by atoms with Gasteiger partial charge in [0, 0.05) is 17.2 Å². The maximum Gasteiger partial charge on any atom is 0.419 e. The lowest BCUT2D eigenvalue weighted by Crippen LogP contribution is -2.21. The fourth-order valence-corrected chi connectivity index (χ4v) is 1.54. The van der Waals surface area contributed by atoms with Gasteiger partial charge in [-0.25, -0.2) is 4.98 Å². The zero-order valence-electron chi connectivity index (χ0n) is 9.63. The summed E-state index contributed by atoms with van der Waals surface area (Å²) < 4.78 is 43.2. The molecule has 1 rings (SSSR count). The number of carbonyl (C=O) groups excluding carboxylic acids is 1. The lowest BCUT2D eigenvalue weighted by atomic mass is 10.2. The van der Waals surface area contributed by atoms with Crippen molar-refractivity contribution in [3.05, 3.63) is 22.3 Å². The highest BCUT2D eigenvalue weighted by molar-refractivity contribution is 9.10. The third kappa shape index (κ3) is 5.43. The van der Waals surface area contributed by atoms with Gasteiger partial charge in [-0.15, -0.1) is 0 Å². The summed E-state index contributed by atoms with van der Waals surface area (Å²) in [4.78, 5) is 14.0. The van der Waals surface area contributed by atoms with Crippen molar-refractivity contribution >= 4 is 27.7 Å². The van der Waals surface area contributed by atoms with E-state index >= 15 is 0 Å². The molecular weight excluding hydrogens is 331 g/mol. The van der Waals surface area contributed by atoms with Crippen molar-refractivity contribution in [3.63, 3.8) is 0 Å². The van der Waals surface area contributed by atoms with Gasteiger partial charge in [0.25, 0.3) is 0 Å². The fourth-order valence-electron chi connectivity index (χ4n) is 1.21. The van der Waals surface area contributed by atoms with E-state index in [1.807, 2.05) is 0 Å². The van der Waals surface area contributed by atoms with Crippen LogP contribution in [0.4, 0.5) is 19.0 Å². The smallest absolute Gasteiger partial charge is 0.370 e. The summed E-state index contributed by atoms with van der Waals surface area (Å²) in [6.45, 7) is -0.162. The zero-order valence-corrected chi connectivity index (χ0v) is 11.2. The summed E-state index contributed by atoms with van der Waals surface area (Å²) in [5.74, 6) is -0.934. The third-order valence-corrected chi connectivity index (χ3v) is 2.38. The van der Waals surface area contributed by atoms with Gasteiger partial charge >= 0.3 is 6.18 Å². The molecule has 0 aliphatic carbocycles. The fraction of sp³-hybridized carbons (Fsp3) is 0.400. The lowest BCUT2D eigenvalue weighted by molar-refractivity contribution is -0.137. The summed E-state index contributed by atoms with van der Waals surface area (Å²) in [7, 11) is 0. The van der Waals surface area contributed by atoms with Crippen LogP contribution in [0.1, 0.15) is 5.56 Å². The first-order valence-electron chi connectivity index (χ1n) is 5.13. The predicted molar refractivity (Wildman–Crippen MR) is 65.4 cm³/mol. The molecule has 1 aromatic rings. The molecule has 9 heteroatoms. The average molecular weight is 342 g/mol. The van der Waals surface area contributed by atoms with Crippen LogP contribution in [0, 0.1) is 0 Å². The number of nitrogens with zero attached hydrogens (tertiary/aromatic N) is 1. The monoisotopic (exact) mass is 341 g/mol. The summed E-state index contributed by atoms with van der Waals surface area (Å²) in [5.41, 5.74) is 3.96. The molecule has 1 aromatic heterocycles. The number of aromatic nitrogens is 1. The molecule has 0 fully saturated rings. The Kier molecular flexibility index (Phi) is 5.55. The lowest BCUT2D eigenvalue weighted by Gasteiger charge is -2.13. The van der Waals surface area contributed by atoms with Crippen LogP contribution in [0.2, 0.25) is 0 Å². The Balaban J connectivity index is 2.61. The molecule has 0 saturated carbocycles. The van der Waals surface area contributed by atoms with E-state index in [-0.39, 0.29) is 30.0 Å². The minimum atomic E-state index is -4.51. The van der Waals surface area contributed by atoms with Gasteiger partial charge in [-0.1, -0.05) is 0 Å². The van der Waals surface area contributed by atoms with Gasteiger partial charge < -0.3 is 15.8 Å². The van der Waals surface area contributed by atoms with Crippen LogP contribution in [0.15, 0.2) is 16.7 Å². The third-order valence-electron chi connectivity index (χ3n) is 1.94. The van der Waals surface area contributed by atoms with E-state index in [0.717, 1.165) is 6.07 Å². The molecule has 106 valence electrons. The van der Waals surface area contributed by atoms with Crippen LogP contribution in [0.25, 0.3) is 0 Å². The van der Waals surface area contributed by atoms with Crippen LogP contribution in [0.5, 0.6) is 0 Å². The quantitative estimate of drug-likeness (QED) is 0.773. The average Bonchev–Trinajstić information content (AvgIpc) is 2.28. The van der Waals surface area contributed by atoms with Gasteiger partial charge in [-0.05, 0) is 22.0 Å². The van der Waals surface area contributed by atoms with E-state index in [0.29, 0.717) is 0 Å². The van der Waals surface area contributed by atoms with Crippen molar-refractivity contribution in [1.82, 2.24) is 4.98 Å². The Morgan fingerprint density at radius 2 is 2.21 bits per heavy atom. The molecule has 0 unspecified atom stereocenters. The molecule has 0 atom stereocenters. The number of nitrogens with one attached hydrogen (secondary N) is 1. The van der Waals surface area contributed by atoms with Crippen molar-refractivity contribution < 1.29 is 22.7 Å².